The van der Waals surface area contributed by atoms with Gasteiger partial charge in [0.05, 0.1) is 0 Å². The lowest BCUT2D eigenvalue weighted by molar-refractivity contribution is -0.0620. The van der Waals surface area contributed by atoms with E-state index in [0.717, 1.165) is 114 Å². The molecule has 0 saturated heterocycles. The normalized spacial score (nSPS) is 15.2. The lowest BCUT2D eigenvalue weighted by Crippen LogP contribution is -2.17. The second-order valence-electron chi connectivity index (χ2n) is 27.3. The van der Waals surface area contributed by atoms with E-state index < -0.39 is 12.6 Å². The SMILES string of the molecule is CCOCOc1ccc(C(C)c2cc(C(C)c3cc(C(C)c4cc(C(C)CC(CC(CC)c5ccc(O)c(C(C)c6ccc(O)c(C(C)c7ccc(O)c(C(C)c8ccc(OC(C)OCC)cc8)c7)c6)c5)c5ccc(OC(C)OCC)cc5)ccc4O)ccc3O)ccc2OC(C)OCC)cc1. The largest absolute Gasteiger partial charge is 0.508 e. The van der Waals surface area contributed by atoms with Crippen molar-refractivity contribution >= 4 is 0 Å². The van der Waals surface area contributed by atoms with Crippen LogP contribution in [0.15, 0.2) is 182 Å². The molecule has 9 aromatic rings. The van der Waals surface area contributed by atoms with Gasteiger partial charge in [0.25, 0.3) is 0 Å². The number of phenols is 5. The molecule has 0 aromatic heterocycles. The van der Waals surface area contributed by atoms with Gasteiger partial charge in [0.15, 0.2) is 25.7 Å². The molecule has 5 N–H and O–H groups in total. The van der Waals surface area contributed by atoms with Gasteiger partial charge in [-0.1, -0.05) is 165 Å². The van der Waals surface area contributed by atoms with Gasteiger partial charge < -0.3 is 63.4 Å². The zero-order valence-corrected chi connectivity index (χ0v) is 62.4. The summed E-state index contributed by atoms with van der Waals surface area (Å²) in [5, 5.41) is 58.0. The van der Waals surface area contributed by atoms with E-state index in [1.54, 1.807) is 18.2 Å². The van der Waals surface area contributed by atoms with E-state index in [2.05, 4.69) is 116 Å². The average molecular weight is 1390 g/mol. The summed E-state index contributed by atoms with van der Waals surface area (Å²) < 4.78 is 46.8. The standard InChI is InChI=1S/C89H108O13/c1-16-64(73-31-43-88(94)82(52-73)59(11)71-30-42-86(92)80(50-71)58(10)69-28-40-85(91)79(48-69)55(7)65-23-35-76(36-24-65)100-61(13)96-18-3)46-74(67-25-37-77(38-26-67)101-62(14)97-19-4)45-54(6)68-27-39-84(90)78(47-68)57(9)70-29-41-87(93)81(49-70)60(12)72-32-44-89(102-63(15)98-20-5)83(51-72)56(8)66-21-33-75(34-22-66)99-53-95-17-2/h21-44,47-52,54-64,74,90-94H,16-20,45-46,53H2,1-15H3. The average Bonchev–Trinajstić information content (AvgIpc) is 0.810. The molecule has 0 aliphatic rings. The molecule has 13 nitrogen and oxygen atoms in total. The van der Waals surface area contributed by atoms with Crippen molar-refractivity contribution in [2.24, 2.45) is 0 Å². The molecule has 0 radical (unpaired) electrons. The van der Waals surface area contributed by atoms with Gasteiger partial charge in [-0.25, -0.2) is 0 Å². The fraction of sp³-hybridized carbons (Fsp3) is 0.393. The monoisotopic (exact) mass is 1380 g/mol. The minimum absolute atomic E-state index is 0.0568. The molecule has 9 aromatic carbocycles. The van der Waals surface area contributed by atoms with Crippen LogP contribution in [0, 0.1) is 0 Å². The number of ether oxygens (including phenoxy) is 8. The number of rotatable bonds is 36. The van der Waals surface area contributed by atoms with Gasteiger partial charge in [0, 0.05) is 95.3 Å². The van der Waals surface area contributed by atoms with Gasteiger partial charge in [0.1, 0.15) is 51.7 Å². The van der Waals surface area contributed by atoms with Gasteiger partial charge in [-0.15, -0.1) is 0 Å². The molecule has 12 atom stereocenters. The van der Waals surface area contributed by atoms with Crippen molar-refractivity contribution in [3.63, 3.8) is 0 Å². The quantitative estimate of drug-likeness (QED) is 0.0186. The molecule has 542 valence electrons. The maximum Gasteiger partial charge on any atom is 0.196 e. The highest BCUT2D eigenvalue weighted by Gasteiger charge is 2.28. The van der Waals surface area contributed by atoms with Crippen LogP contribution in [-0.4, -0.2) is 77.6 Å². The van der Waals surface area contributed by atoms with Gasteiger partial charge in [0.2, 0.25) is 0 Å². The third kappa shape index (κ3) is 19.4. The minimum atomic E-state index is -0.465. The van der Waals surface area contributed by atoms with Crippen LogP contribution in [0.4, 0.5) is 0 Å². The summed E-state index contributed by atoms with van der Waals surface area (Å²) in [5.41, 5.74) is 14.2. The first-order chi connectivity index (χ1) is 49.0. The Balaban J connectivity index is 0.958. The topological polar surface area (TPSA) is 175 Å². The highest BCUT2D eigenvalue weighted by Crippen LogP contribution is 2.46. The molecular weight excluding hydrogens is 1280 g/mol. The van der Waals surface area contributed by atoms with Gasteiger partial charge in [-0.3, -0.25) is 0 Å². The van der Waals surface area contributed by atoms with Crippen LogP contribution in [0.2, 0.25) is 0 Å². The van der Waals surface area contributed by atoms with E-state index in [-0.39, 0.29) is 95.1 Å². The Bertz CT molecular complexity index is 4130. The van der Waals surface area contributed by atoms with Gasteiger partial charge in [-0.2, -0.15) is 0 Å². The van der Waals surface area contributed by atoms with Crippen molar-refractivity contribution in [3.05, 3.63) is 265 Å². The third-order valence-electron chi connectivity index (χ3n) is 20.6. The molecular formula is C89H108O13. The smallest absolute Gasteiger partial charge is 0.196 e. The summed E-state index contributed by atoms with van der Waals surface area (Å²) in [6.45, 7) is 32.9. The predicted octanol–water partition coefficient (Wildman–Crippen LogP) is 21.6. The Morgan fingerprint density at radius 3 is 1.00 bits per heavy atom. The van der Waals surface area contributed by atoms with E-state index in [4.69, 9.17) is 37.9 Å². The molecule has 0 heterocycles. The van der Waals surface area contributed by atoms with Crippen LogP contribution in [0.1, 0.15) is 260 Å². The van der Waals surface area contributed by atoms with Gasteiger partial charge >= 0.3 is 0 Å². The van der Waals surface area contributed by atoms with Crippen LogP contribution in [0.25, 0.3) is 0 Å². The summed E-state index contributed by atoms with van der Waals surface area (Å²) in [6.07, 6.45) is 1.21. The zero-order chi connectivity index (χ0) is 73.3. The summed E-state index contributed by atoms with van der Waals surface area (Å²) in [7, 11) is 0. The molecule has 13 heteroatoms. The Labute approximate surface area is 606 Å². The predicted molar refractivity (Wildman–Crippen MR) is 407 cm³/mol. The fourth-order valence-corrected chi connectivity index (χ4v) is 14.2. The Morgan fingerprint density at radius 2 is 0.598 bits per heavy atom. The van der Waals surface area contributed by atoms with Crippen LogP contribution in [0.5, 0.6) is 51.7 Å². The van der Waals surface area contributed by atoms with Crippen LogP contribution in [-0.2, 0) is 18.9 Å². The van der Waals surface area contributed by atoms with E-state index in [1.807, 2.05) is 152 Å². The molecule has 102 heavy (non-hydrogen) atoms. The van der Waals surface area contributed by atoms with E-state index in [0.29, 0.717) is 32.2 Å². The lowest BCUT2D eigenvalue weighted by Gasteiger charge is -2.28. The molecule has 0 spiro atoms. The highest BCUT2D eigenvalue weighted by molar-refractivity contribution is 5.55. The van der Waals surface area contributed by atoms with Gasteiger partial charge in [-0.05, 0) is 208 Å². The van der Waals surface area contributed by atoms with Crippen molar-refractivity contribution in [1.82, 2.24) is 0 Å². The maximum atomic E-state index is 11.8. The van der Waals surface area contributed by atoms with Crippen molar-refractivity contribution in [1.29, 1.82) is 0 Å². The Morgan fingerprint density at radius 1 is 0.284 bits per heavy atom. The molecule has 0 fully saturated rings. The number of benzene rings is 9. The fourth-order valence-electron chi connectivity index (χ4n) is 14.2. The highest BCUT2D eigenvalue weighted by atomic mass is 16.7. The van der Waals surface area contributed by atoms with E-state index >= 15 is 0 Å². The summed E-state index contributed by atoms with van der Waals surface area (Å²) in [5.74, 6) is 2.93. The summed E-state index contributed by atoms with van der Waals surface area (Å²) in [6, 6.07) is 59.9. The molecule has 0 aliphatic carbocycles. The first-order valence-electron chi connectivity index (χ1n) is 36.7. The van der Waals surface area contributed by atoms with Crippen molar-refractivity contribution < 1.29 is 63.4 Å². The number of phenolic OH excluding ortho intramolecular Hbond substituents is 5. The minimum Gasteiger partial charge on any atom is -0.508 e. The first-order valence-corrected chi connectivity index (χ1v) is 36.7. The molecule has 9 rings (SSSR count). The van der Waals surface area contributed by atoms with Crippen molar-refractivity contribution in [2.45, 2.75) is 195 Å². The summed E-state index contributed by atoms with van der Waals surface area (Å²) >= 11 is 0. The summed E-state index contributed by atoms with van der Waals surface area (Å²) in [4.78, 5) is 0. The Hall–Kier alpha value is -8.98. The molecule has 0 amide bonds. The maximum absolute atomic E-state index is 11.8. The third-order valence-corrected chi connectivity index (χ3v) is 20.6. The number of aromatic hydroxyl groups is 5. The first kappa shape index (κ1) is 77.2. The van der Waals surface area contributed by atoms with Crippen LogP contribution >= 0.6 is 0 Å². The lowest BCUT2D eigenvalue weighted by atomic mass is 9.77. The zero-order valence-electron chi connectivity index (χ0n) is 62.4. The molecule has 12 unspecified atom stereocenters. The molecule has 0 bridgehead atoms. The van der Waals surface area contributed by atoms with E-state index in [1.165, 1.54) is 5.56 Å². The van der Waals surface area contributed by atoms with Crippen LogP contribution < -0.4 is 18.9 Å². The molecule has 0 aliphatic heterocycles. The van der Waals surface area contributed by atoms with Crippen molar-refractivity contribution in [3.8, 4) is 51.7 Å². The van der Waals surface area contributed by atoms with Crippen LogP contribution in [0.3, 0.4) is 0 Å². The Kier molecular flexibility index (Phi) is 27.4. The second kappa shape index (κ2) is 36.2. The number of hydrogen-bond acceptors (Lipinski definition) is 13. The van der Waals surface area contributed by atoms with E-state index in [9.17, 15) is 25.5 Å². The van der Waals surface area contributed by atoms with Crippen molar-refractivity contribution in [2.75, 3.05) is 33.2 Å². The number of hydrogen-bond donors (Lipinski definition) is 5. The molecule has 0 saturated carbocycles. The second-order valence-corrected chi connectivity index (χ2v) is 27.3.